The van der Waals surface area contributed by atoms with Gasteiger partial charge < -0.3 is 15.4 Å². The lowest BCUT2D eigenvalue weighted by Gasteiger charge is -2.30. The molecule has 0 bridgehead atoms. The lowest BCUT2D eigenvalue weighted by Crippen LogP contribution is -2.45. The highest BCUT2D eigenvalue weighted by Crippen LogP contribution is 2.40. The van der Waals surface area contributed by atoms with E-state index in [0.29, 0.717) is 25.7 Å². The Morgan fingerprint density at radius 1 is 1.12 bits per heavy atom. The van der Waals surface area contributed by atoms with Crippen molar-refractivity contribution in [3.8, 4) is 0 Å². The molecule has 2 amide bonds. The molecule has 1 aliphatic carbocycles. The van der Waals surface area contributed by atoms with E-state index in [4.69, 9.17) is 4.74 Å². The van der Waals surface area contributed by atoms with Crippen molar-refractivity contribution in [2.24, 2.45) is 11.8 Å². The van der Waals surface area contributed by atoms with Crippen molar-refractivity contribution in [1.82, 2.24) is 10.6 Å². The summed E-state index contributed by atoms with van der Waals surface area (Å²) in [5.41, 5.74) is -0.471. The minimum absolute atomic E-state index is 0.178. The summed E-state index contributed by atoms with van der Waals surface area (Å²) in [5, 5.41) is 5.11. The highest BCUT2D eigenvalue weighted by molar-refractivity contribution is 5.83. The summed E-state index contributed by atoms with van der Waals surface area (Å²) in [4.78, 5) is 23.8. The summed E-state index contributed by atoms with van der Waals surface area (Å²) in [6.45, 7) is 5.42. The van der Waals surface area contributed by atoms with E-state index in [0.717, 1.165) is 6.42 Å². The average Bonchev–Trinajstić information content (AvgIpc) is 2.51. The number of alkyl halides is 3. The van der Waals surface area contributed by atoms with Crippen molar-refractivity contribution in [2.45, 2.75) is 83.5 Å². The Morgan fingerprint density at radius 2 is 1.69 bits per heavy atom. The lowest BCUT2D eigenvalue weighted by atomic mass is 9.79. The Hall–Kier alpha value is -1.47. The molecule has 0 aromatic carbocycles. The summed E-state index contributed by atoms with van der Waals surface area (Å²) in [7, 11) is 1.47. The van der Waals surface area contributed by atoms with E-state index >= 15 is 0 Å². The molecule has 0 unspecified atom stereocenters. The zero-order valence-corrected chi connectivity index (χ0v) is 16.0. The Kier molecular flexibility index (Phi) is 8.21. The van der Waals surface area contributed by atoms with Crippen LogP contribution >= 0.6 is 0 Å². The fourth-order valence-electron chi connectivity index (χ4n) is 3.24. The van der Waals surface area contributed by atoms with E-state index in [2.05, 4.69) is 10.6 Å². The van der Waals surface area contributed by atoms with Gasteiger partial charge >= 0.3 is 12.3 Å². The van der Waals surface area contributed by atoms with Crippen LogP contribution in [0, 0.1) is 11.8 Å². The molecule has 1 aliphatic rings. The van der Waals surface area contributed by atoms with Crippen LogP contribution in [-0.2, 0) is 9.53 Å². The maximum atomic E-state index is 12.7. The minimum atomic E-state index is -4.09. The number of hydrogen-bond donors (Lipinski definition) is 2. The second-order valence-corrected chi connectivity index (χ2v) is 8.07. The molecular weight excluding hydrogens is 349 g/mol. The number of likely N-dealkylation sites (N-methyl/N-ethyl adjacent to an activating group) is 1. The number of halogens is 3. The SMILES string of the molecule is CNC(=O)[C@H](CCCC1CCC(C(F)(F)F)CC1)OC(=O)NC(C)(C)C. The Morgan fingerprint density at radius 3 is 2.15 bits per heavy atom. The van der Waals surface area contributed by atoms with Gasteiger partial charge in [0.15, 0.2) is 6.10 Å². The highest BCUT2D eigenvalue weighted by atomic mass is 19.4. The normalized spacial score (nSPS) is 22.4. The Labute approximate surface area is 153 Å². The van der Waals surface area contributed by atoms with Gasteiger partial charge in [0, 0.05) is 12.6 Å². The van der Waals surface area contributed by atoms with Gasteiger partial charge in [0.25, 0.3) is 5.91 Å². The van der Waals surface area contributed by atoms with Crippen LogP contribution in [0.3, 0.4) is 0 Å². The van der Waals surface area contributed by atoms with Gasteiger partial charge in [-0.15, -0.1) is 0 Å². The third kappa shape index (κ3) is 8.27. The molecule has 0 aromatic rings. The van der Waals surface area contributed by atoms with Gasteiger partial charge in [-0.1, -0.05) is 6.42 Å². The monoisotopic (exact) mass is 380 g/mol. The maximum absolute atomic E-state index is 12.7. The van der Waals surface area contributed by atoms with E-state index in [1.165, 1.54) is 7.05 Å². The first-order valence-electron chi connectivity index (χ1n) is 9.19. The molecule has 0 aliphatic heterocycles. The molecular formula is C18H31F3N2O3. The molecule has 1 atom stereocenters. The van der Waals surface area contributed by atoms with Crippen molar-refractivity contribution in [1.29, 1.82) is 0 Å². The number of hydrogen-bond acceptors (Lipinski definition) is 3. The zero-order chi connectivity index (χ0) is 20.0. The average molecular weight is 380 g/mol. The van der Waals surface area contributed by atoms with Crippen LogP contribution in [0.2, 0.25) is 0 Å². The zero-order valence-electron chi connectivity index (χ0n) is 16.0. The van der Waals surface area contributed by atoms with Gasteiger partial charge in [0.2, 0.25) is 0 Å². The molecule has 2 N–H and O–H groups in total. The number of carbonyl (C=O) groups is 2. The molecule has 1 fully saturated rings. The van der Waals surface area contributed by atoms with Crippen LogP contribution in [0.4, 0.5) is 18.0 Å². The van der Waals surface area contributed by atoms with Crippen molar-refractivity contribution in [3.63, 3.8) is 0 Å². The molecule has 1 saturated carbocycles. The standard InChI is InChI=1S/C18H31F3N2O3/c1-17(2,3)23-16(25)26-14(15(24)22-4)7-5-6-12-8-10-13(11-9-12)18(19,20)21/h12-14H,5-11H2,1-4H3,(H,22,24)(H,23,25)/t12?,13?,14-/m0/s1. The first kappa shape index (κ1) is 22.6. The van der Waals surface area contributed by atoms with Crippen LogP contribution in [-0.4, -0.2) is 36.9 Å². The summed E-state index contributed by atoms with van der Waals surface area (Å²) in [5.74, 6) is -1.32. The number of alkyl carbamates (subject to hydrolysis) is 1. The number of nitrogens with one attached hydrogen (secondary N) is 2. The largest absolute Gasteiger partial charge is 0.436 e. The van der Waals surface area contributed by atoms with Crippen molar-refractivity contribution < 1.29 is 27.5 Å². The second kappa shape index (κ2) is 9.46. The molecule has 5 nitrogen and oxygen atoms in total. The van der Waals surface area contributed by atoms with Crippen molar-refractivity contribution in [3.05, 3.63) is 0 Å². The molecule has 0 saturated heterocycles. The number of ether oxygens (including phenoxy) is 1. The van der Waals surface area contributed by atoms with Crippen LogP contribution in [0.25, 0.3) is 0 Å². The summed E-state index contributed by atoms with van der Waals surface area (Å²) >= 11 is 0. The van der Waals surface area contributed by atoms with Gasteiger partial charge in [-0.2, -0.15) is 13.2 Å². The van der Waals surface area contributed by atoms with Gasteiger partial charge in [-0.05, 0) is 65.2 Å². The molecule has 0 spiro atoms. The van der Waals surface area contributed by atoms with Crippen LogP contribution in [0.15, 0.2) is 0 Å². The molecule has 8 heteroatoms. The van der Waals surface area contributed by atoms with Crippen molar-refractivity contribution >= 4 is 12.0 Å². The third-order valence-corrected chi connectivity index (χ3v) is 4.65. The topological polar surface area (TPSA) is 67.4 Å². The first-order valence-corrected chi connectivity index (χ1v) is 9.19. The minimum Gasteiger partial charge on any atom is -0.436 e. The molecule has 152 valence electrons. The Bertz CT molecular complexity index is 467. The van der Waals surface area contributed by atoms with Gasteiger partial charge in [0.05, 0.1) is 5.92 Å². The Balaban J connectivity index is 2.41. The van der Waals surface area contributed by atoms with E-state index < -0.39 is 29.8 Å². The molecule has 0 aromatic heterocycles. The van der Waals surface area contributed by atoms with Crippen LogP contribution in [0.1, 0.15) is 65.7 Å². The highest BCUT2D eigenvalue weighted by Gasteiger charge is 2.41. The van der Waals surface area contributed by atoms with Crippen LogP contribution in [0.5, 0.6) is 0 Å². The van der Waals surface area contributed by atoms with E-state index in [1.54, 1.807) is 20.8 Å². The third-order valence-electron chi connectivity index (χ3n) is 4.65. The van der Waals surface area contributed by atoms with Gasteiger partial charge in [-0.3, -0.25) is 4.79 Å². The predicted molar refractivity (Wildman–Crippen MR) is 92.6 cm³/mol. The van der Waals surface area contributed by atoms with Gasteiger partial charge in [-0.25, -0.2) is 4.79 Å². The summed E-state index contributed by atoms with van der Waals surface area (Å²) in [6.07, 6.45) is -2.45. The number of rotatable bonds is 6. The first-order chi connectivity index (χ1) is 11.9. The molecule has 26 heavy (non-hydrogen) atoms. The van der Waals surface area contributed by atoms with Crippen molar-refractivity contribution in [2.75, 3.05) is 7.05 Å². The molecule has 0 radical (unpaired) electrons. The fourth-order valence-corrected chi connectivity index (χ4v) is 3.24. The smallest absolute Gasteiger partial charge is 0.408 e. The van der Waals surface area contributed by atoms with E-state index in [9.17, 15) is 22.8 Å². The second-order valence-electron chi connectivity index (χ2n) is 8.07. The summed E-state index contributed by atoms with van der Waals surface area (Å²) < 4.78 is 43.3. The molecule has 0 heterocycles. The van der Waals surface area contributed by atoms with E-state index in [-0.39, 0.29) is 24.7 Å². The lowest BCUT2D eigenvalue weighted by molar-refractivity contribution is -0.184. The summed E-state index contributed by atoms with van der Waals surface area (Å²) in [6, 6.07) is 0. The van der Waals surface area contributed by atoms with Gasteiger partial charge in [0.1, 0.15) is 0 Å². The quantitative estimate of drug-likeness (QED) is 0.727. The predicted octanol–water partition coefficient (Wildman–Crippen LogP) is 4.16. The van der Waals surface area contributed by atoms with Crippen LogP contribution < -0.4 is 10.6 Å². The number of carbonyl (C=O) groups excluding carboxylic acids is 2. The number of amides is 2. The fraction of sp³-hybridized carbons (Fsp3) is 0.889. The van der Waals surface area contributed by atoms with E-state index in [1.807, 2.05) is 0 Å². The molecule has 1 rings (SSSR count). The maximum Gasteiger partial charge on any atom is 0.408 e.